The van der Waals surface area contributed by atoms with E-state index in [2.05, 4.69) is 15.2 Å². The van der Waals surface area contributed by atoms with Crippen LogP contribution in [0, 0.1) is 5.92 Å². The Balaban J connectivity index is 1.40. The van der Waals surface area contributed by atoms with Gasteiger partial charge in [-0.1, -0.05) is 0 Å². The normalized spacial score (nSPS) is 15.2. The Kier molecular flexibility index (Phi) is 5.53. The average molecular weight is 343 g/mol. The van der Waals surface area contributed by atoms with E-state index in [-0.39, 0.29) is 6.03 Å². The average Bonchev–Trinajstić information content (AvgIpc) is 3.17. The number of carbonyl (C=O) groups excluding carboxylic acids is 1. The van der Waals surface area contributed by atoms with Gasteiger partial charge in [0.15, 0.2) is 0 Å². The largest absolute Gasteiger partial charge is 0.492 e. The van der Waals surface area contributed by atoms with Crippen LogP contribution in [-0.4, -0.2) is 64.8 Å². The van der Waals surface area contributed by atoms with Crippen molar-refractivity contribution in [3.8, 4) is 17.1 Å². The molecule has 7 nitrogen and oxygen atoms in total. The Bertz CT molecular complexity index is 661. The summed E-state index contributed by atoms with van der Waals surface area (Å²) in [7, 11) is 3.60. The molecule has 0 aliphatic carbocycles. The third-order valence-electron chi connectivity index (χ3n) is 4.58. The number of carbonyl (C=O) groups is 1. The number of amides is 2. The van der Waals surface area contributed by atoms with Crippen molar-refractivity contribution < 1.29 is 9.53 Å². The molecule has 25 heavy (non-hydrogen) atoms. The molecule has 3 heterocycles. The Morgan fingerprint density at radius 3 is 2.72 bits per heavy atom. The number of hydrogen-bond acceptors (Lipinski definition) is 4. The number of H-pyrrole nitrogens is 1. The van der Waals surface area contributed by atoms with Crippen molar-refractivity contribution in [2.24, 2.45) is 5.92 Å². The van der Waals surface area contributed by atoms with Crippen LogP contribution in [-0.2, 0) is 0 Å². The zero-order chi connectivity index (χ0) is 17.6. The van der Waals surface area contributed by atoms with Crippen molar-refractivity contribution in [3.05, 3.63) is 30.6 Å². The molecule has 0 bridgehead atoms. The minimum Gasteiger partial charge on any atom is -0.492 e. The fraction of sp³-hybridized carbons (Fsp3) is 0.500. The van der Waals surface area contributed by atoms with Crippen molar-refractivity contribution >= 4 is 6.03 Å². The molecule has 0 saturated carbocycles. The fourth-order valence-electron chi connectivity index (χ4n) is 3.06. The Morgan fingerprint density at radius 2 is 2.12 bits per heavy atom. The number of ether oxygens (including phenoxy) is 1. The molecule has 1 fully saturated rings. The smallest absolute Gasteiger partial charge is 0.319 e. The summed E-state index contributed by atoms with van der Waals surface area (Å²) in [5.74, 6) is 1.40. The topological polar surface area (TPSA) is 74.3 Å². The van der Waals surface area contributed by atoms with Gasteiger partial charge < -0.3 is 14.5 Å². The van der Waals surface area contributed by atoms with Crippen LogP contribution in [0.15, 0.2) is 30.6 Å². The molecular formula is C18H25N5O2. The number of pyridine rings is 1. The highest BCUT2D eigenvalue weighted by atomic mass is 16.5. The summed E-state index contributed by atoms with van der Waals surface area (Å²) in [6.45, 7) is 2.35. The van der Waals surface area contributed by atoms with Crippen LogP contribution in [0.2, 0.25) is 0 Å². The first-order valence-electron chi connectivity index (χ1n) is 8.68. The molecule has 0 atom stereocenters. The second-order valence-corrected chi connectivity index (χ2v) is 6.59. The maximum Gasteiger partial charge on any atom is 0.319 e. The summed E-state index contributed by atoms with van der Waals surface area (Å²) >= 11 is 0. The number of likely N-dealkylation sites (tertiary alicyclic amines) is 1. The maximum atomic E-state index is 11.9. The van der Waals surface area contributed by atoms with E-state index in [9.17, 15) is 4.79 Å². The zero-order valence-electron chi connectivity index (χ0n) is 14.8. The molecule has 7 heteroatoms. The maximum absolute atomic E-state index is 11.9. The van der Waals surface area contributed by atoms with E-state index in [1.807, 2.05) is 23.1 Å². The van der Waals surface area contributed by atoms with Crippen molar-refractivity contribution in [1.29, 1.82) is 0 Å². The highest BCUT2D eigenvalue weighted by Gasteiger charge is 2.23. The van der Waals surface area contributed by atoms with Crippen LogP contribution < -0.4 is 4.74 Å². The van der Waals surface area contributed by atoms with E-state index in [0.717, 1.165) is 49.5 Å². The van der Waals surface area contributed by atoms with Gasteiger partial charge in [0.05, 0.1) is 24.2 Å². The molecule has 0 aromatic carbocycles. The van der Waals surface area contributed by atoms with E-state index >= 15 is 0 Å². The lowest BCUT2D eigenvalue weighted by molar-refractivity contribution is 0.140. The third kappa shape index (κ3) is 4.49. The minimum absolute atomic E-state index is 0.109. The zero-order valence-corrected chi connectivity index (χ0v) is 14.8. The van der Waals surface area contributed by atoms with Crippen LogP contribution in [0.3, 0.4) is 0 Å². The van der Waals surface area contributed by atoms with Crippen molar-refractivity contribution in [2.75, 3.05) is 33.8 Å². The number of hydrogen-bond donors (Lipinski definition) is 1. The van der Waals surface area contributed by atoms with Crippen LogP contribution in [0.1, 0.15) is 19.3 Å². The number of rotatable bonds is 5. The molecule has 0 unspecified atom stereocenters. The summed E-state index contributed by atoms with van der Waals surface area (Å²) in [5.41, 5.74) is 1.74. The van der Waals surface area contributed by atoms with Crippen molar-refractivity contribution in [1.82, 2.24) is 25.0 Å². The van der Waals surface area contributed by atoms with Crippen LogP contribution >= 0.6 is 0 Å². The number of nitrogens with one attached hydrogen (secondary N) is 1. The van der Waals surface area contributed by atoms with Gasteiger partial charge in [0.2, 0.25) is 0 Å². The SMILES string of the molecule is CN(C)C(=O)N1CCC(CCOc2ccc(-c3ccn[nH]3)nc2)CC1. The lowest BCUT2D eigenvalue weighted by Gasteiger charge is -2.33. The molecule has 3 rings (SSSR count). The number of nitrogens with zero attached hydrogens (tertiary/aromatic N) is 4. The van der Waals surface area contributed by atoms with Gasteiger partial charge in [-0.3, -0.25) is 10.1 Å². The van der Waals surface area contributed by atoms with Crippen LogP contribution in [0.4, 0.5) is 4.79 Å². The second-order valence-electron chi connectivity index (χ2n) is 6.59. The van der Waals surface area contributed by atoms with Gasteiger partial charge in [0, 0.05) is 33.4 Å². The Labute approximate surface area is 148 Å². The van der Waals surface area contributed by atoms with Gasteiger partial charge >= 0.3 is 6.03 Å². The predicted molar refractivity (Wildman–Crippen MR) is 95.3 cm³/mol. The minimum atomic E-state index is 0.109. The quantitative estimate of drug-likeness (QED) is 0.906. The highest BCUT2D eigenvalue weighted by Crippen LogP contribution is 2.22. The van der Waals surface area contributed by atoms with Gasteiger partial charge in [0.25, 0.3) is 0 Å². The summed E-state index contributed by atoms with van der Waals surface area (Å²) < 4.78 is 5.82. The lowest BCUT2D eigenvalue weighted by Crippen LogP contribution is -2.44. The number of piperidine rings is 1. The standard InChI is InChI=1S/C18H25N5O2/c1-22(2)18(24)23-10-6-14(7-11-23)8-12-25-15-3-4-16(19-13-15)17-5-9-20-21-17/h3-5,9,13-14H,6-8,10-12H2,1-2H3,(H,20,21). The number of aromatic amines is 1. The number of aromatic nitrogens is 3. The van der Waals surface area contributed by atoms with Gasteiger partial charge in [-0.15, -0.1) is 0 Å². The van der Waals surface area contributed by atoms with Crippen molar-refractivity contribution in [3.63, 3.8) is 0 Å². The van der Waals surface area contributed by atoms with Crippen molar-refractivity contribution in [2.45, 2.75) is 19.3 Å². The molecule has 0 radical (unpaired) electrons. The third-order valence-corrected chi connectivity index (χ3v) is 4.58. The summed E-state index contributed by atoms with van der Waals surface area (Å²) in [5, 5.41) is 6.82. The molecule has 1 saturated heterocycles. The number of urea groups is 1. The Hall–Kier alpha value is -2.57. The van der Waals surface area contributed by atoms with E-state index < -0.39 is 0 Å². The van der Waals surface area contributed by atoms with Gasteiger partial charge in [-0.25, -0.2) is 4.79 Å². The van der Waals surface area contributed by atoms with E-state index in [1.165, 1.54) is 0 Å². The fourth-order valence-corrected chi connectivity index (χ4v) is 3.06. The van der Waals surface area contributed by atoms with Gasteiger partial charge in [-0.2, -0.15) is 5.10 Å². The van der Waals surface area contributed by atoms with Gasteiger partial charge in [-0.05, 0) is 43.4 Å². The van der Waals surface area contributed by atoms with E-state index in [0.29, 0.717) is 12.5 Å². The first-order chi connectivity index (χ1) is 12.1. The van der Waals surface area contributed by atoms with Crippen LogP contribution in [0.25, 0.3) is 11.4 Å². The molecule has 2 aromatic rings. The summed E-state index contributed by atoms with van der Waals surface area (Å²) in [6.07, 6.45) is 6.54. The lowest BCUT2D eigenvalue weighted by atomic mass is 9.94. The second kappa shape index (κ2) is 8.00. The van der Waals surface area contributed by atoms with E-state index in [1.54, 1.807) is 31.4 Å². The summed E-state index contributed by atoms with van der Waals surface area (Å²) in [6, 6.07) is 5.85. The molecule has 1 aliphatic rings. The highest BCUT2D eigenvalue weighted by molar-refractivity contribution is 5.73. The van der Waals surface area contributed by atoms with E-state index in [4.69, 9.17) is 4.74 Å². The van der Waals surface area contributed by atoms with Crippen LogP contribution in [0.5, 0.6) is 5.75 Å². The molecule has 0 spiro atoms. The molecule has 134 valence electrons. The summed E-state index contributed by atoms with van der Waals surface area (Å²) in [4.78, 5) is 19.9. The monoisotopic (exact) mass is 343 g/mol. The Morgan fingerprint density at radius 1 is 1.32 bits per heavy atom. The molecular weight excluding hydrogens is 318 g/mol. The molecule has 1 aliphatic heterocycles. The molecule has 1 N–H and O–H groups in total. The first-order valence-corrected chi connectivity index (χ1v) is 8.68. The molecule has 2 aromatic heterocycles. The van der Waals surface area contributed by atoms with Gasteiger partial charge in [0.1, 0.15) is 5.75 Å². The first kappa shape index (κ1) is 17.3. The predicted octanol–water partition coefficient (Wildman–Crippen LogP) is 2.63. The molecule has 2 amide bonds.